The van der Waals surface area contributed by atoms with Crippen LogP contribution in [-0.2, 0) is 4.79 Å². The van der Waals surface area contributed by atoms with Gasteiger partial charge in [0.2, 0.25) is 5.91 Å². The number of halogens is 1. The first-order chi connectivity index (χ1) is 9.99. The van der Waals surface area contributed by atoms with E-state index < -0.39 is 11.7 Å². The number of amides is 2. The summed E-state index contributed by atoms with van der Waals surface area (Å²) in [4.78, 5) is 25.4. The molecule has 2 unspecified atom stereocenters. The van der Waals surface area contributed by atoms with Gasteiger partial charge in [0.1, 0.15) is 5.82 Å². The van der Waals surface area contributed by atoms with Crippen molar-refractivity contribution in [2.75, 3.05) is 19.6 Å². The summed E-state index contributed by atoms with van der Waals surface area (Å²) in [5.41, 5.74) is -0.0762. The quantitative estimate of drug-likeness (QED) is 0.866. The van der Waals surface area contributed by atoms with Crippen LogP contribution in [0.15, 0.2) is 24.3 Å². The van der Waals surface area contributed by atoms with E-state index in [1.807, 2.05) is 6.92 Å². The molecule has 1 aromatic carbocycles. The second-order valence-electron chi connectivity index (χ2n) is 5.34. The van der Waals surface area contributed by atoms with Crippen LogP contribution in [0.4, 0.5) is 4.39 Å². The van der Waals surface area contributed by atoms with Gasteiger partial charge in [0.15, 0.2) is 0 Å². The third-order valence-corrected chi connectivity index (χ3v) is 3.73. The molecule has 6 heteroatoms. The molecule has 114 valence electrons. The number of aliphatic hydroxyl groups excluding tert-OH is 1. The van der Waals surface area contributed by atoms with Crippen LogP contribution in [0, 0.1) is 11.7 Å². The maximum absolute atomic E-state index is 13.4. The monoisotopic (exact) mass is 294 g/mol. The molecule has 0 aliphatic carbocycles. The molecule has 0 bridgehead atoms. The zero-order chi connectivity index (χ0) is 15.4. The van der Waals surface area contributed by atoms with Crippen molar-refractivity contribution >= 4 is 11.8 Å². The Morgan fingerprint density at radius 2 is 2.14 bits per heavy atom. The predicted octanol–water partition coefficient (Wildman–Crippen LogP) is 0.785. The van der Waals surface area contributed by atoms with Gasteiger partial charge in [0.05, 0.1) is 18.2 Å². The standard InChI is InChI=1S/C15H19FN2O3/c1-10-9-18(7-6-13(10)19)14(20)8-17-15(21)11-4-2-3-5-12(11)16/h2-5,10,13,19H,6-9H2,1H3,(H,17,21). The van der Waals surface area contributed by atoms with Gasteiger partial charge in [-0.15, -0.1) is 0 Å². The Kier molecular flexibility index (Phi) is 4.90. The average Bonchev–Trinajstić information content (AvgIpc) is 2.47. The molecular formula is C15H19FN2O3. The van der Waals surface area contributed by atoms with Gasteiger partial charge in [-0.1, -0.05) is 19.1 Å². The molecule has 2 N–H and O–H groups in total. The molecule has 0 radical (unpaired) electrons. The molecule has 1 saturated heterocycles. The van der Waals surface area contributed by atoms with Gasteiger partial charge in [-0.25, -0.2) is 4.39 Å². The van der Waals surface area contributed by atoms with Crippen molar-refractivity contribution in [2.45, 2.75) is 19.4 Å². The van der Waals surface area contributed by atoms with E-state index in [1.165, 1.54) is 18.2 Å². The van der Waals surface area contributed by atoms with Crippen molar-refractivity contribution in [3.8, 4) is 0 Å². The number of hydrogen-bond acceptors (Lipinski definition) is 3. The molecule has 1 fully saturated rings. The summed E-state index contributed by atoms with van der Waals surface area (Å²) in [5.74, 6) is -1.42. The molecule has 1 aliphatic heterocycles. The fourth-order valence-electron chi connectivity index (χ4n) is 2.37. The van der Waals surface area contributed by atoms with Gasteiger partial charge >= 0.3 is 0 Å². The molecule has 1 aliphatic rings. The van der Waals surface area contributed by atoms with E-state index in [4.69, 9.17) is 0 Å². The second kappa shape index (κ2) is 6.67. The van der Waals surface area contributed by atoms with E-state index in [-0.39, 0.29) is 30.0 Å². The summed E-state index contributed by atoms with van der Waals surface area (Å²) in [7, 11) is 0. The van der Waals surface area contributed by atoms with E-state index in [9.17, 15) is 19.1 Å². The summed E-state index contributed by atoms with van der Waals surface area (Å²) < 4.78 is 13.4. The van der Waals surface area contributed by atoms with E-state index >= 15 is 0 Å². The molecule has 5 nitrogen and oxygen atoms in total. The lowest BCUT2D eigenvalue weighted by Gasteiger charge is -2.34. The number of carbonyl (C=O) groups is 2. The fourth-order valence-corrected chi connectivity index (χ4v) is 2.37. The normalized spacial score (nSPS) is 22.0. The number of carbonyl (C=O) groups excluding carboxylic acids is 2. The summed E-state index contributed by atoms with van der Waals surface area (Å²) in [6, 6.07) is 5.63. The molecule has 21 heavy (non-hydrogen) atoms. The molecule has 1 aromatic rings. The number of rotatable bonds is 3. The minimum atomic E-state index is -0.614. The Morgan fingerprint density at radius 3 is 2.81 bits per heavy atom. The van der Waals surface area contributed by atoms with Gasteiger partial charge in [-0.2, -0.15) is 0 Å². The molecule has 0 aromatic heterocycles. The first-order valence-corrected chi connectivity index (χ1v) is 6.97. The Bertz CT molecular complexity index is 535. The highest BCUT2D eigenvalue weighted by molar-refractivity contribution is 5.96. The zero-order valence-electron chi connectivity index (χ0n) is 11.9. The van der Waals surface area contributed by atoms with Crippen LogP contribution in [0.3, 0.4) is 0 Å². The highest BCUT2D eigenvalue weighted by Crippen LogP contribution is 2.16. The topological polar surface area (TPSA) is 69.6 Å². The van der Waals surface area contributed by atoms with Crippen molar-refractivity contribution in [3.63, 3.8) is 0 Å². The third kappa shape index (κ3) is 3.78. The lowest BCUT2D eigenvalue weighted by Crippen LogP contribution is -2.48. The maximum atomic E-state index is 13.4. The van der Waals surface area contributed by atoms with Gasteiger partial charge in [-0.05, 0) is 24.5 Å². The minimum Gasteiger partial charge on any atom is -0.393 e. The Balaban J connectivity index is 1.87. The smallest absolute Gasteiger partial charge is 0.254 e. The fraction of sp³-hybridized carbons (Fsp3) is 0.467. The second-order valence-corrected chi connectivity index (χ2v) is 5.34. The molecule has 1 heterocycles. The average molecular weight is 294 g/mol. The highest BCUT2D eigenvalue weighted by atomic mass is 19.1. The Morgan fingerprint density at radius 1 is 1.43 bits per heavy atom. The predicted molar refractivity (Wildman–Crippen MR) is 75.1 cm³/mol. The Hall–Kier alpha value is -1.95. The number of nitrogens with one attached hydrogen (secondary N) is 1. The van der Waals surface area contributed by atoms with Crippen LogP contribution >= 0.6 is 0 Å². The van der Waals surface area contributed by atoms with E-state index in [2.05, 4.69) is 5.32 Å². The first-order valence-electron chi connectivity index (χ1n) is 6.97. The third-order valence-electron chi connectivity index (χ3n) is 3.73. The largest absolute Gasteiger partial charge is 0.393 e. The SMILES string of the molecule is CC1CN(C(=O)CNC(=O)c2ccccc2F)CCC1O. The number of nitrogens with zero attached hydrogens (tertiary/aromatic N) is 1. The van der Waals surface area contributed by atoms with Crippen LogP contribution in [0.1, 0.15) is 23.7 Å². The molecule has 2 rings (SSSR count). The van der Waals surface area contributed by atoms with Crippen LogP contribution in [0.25, 0.3) is 0 Å². The molecule has 0 spiro atoms. The summed E-state index contributed by atoms with van der Waals surface area (Å²) in [6.07, 6.45) is 0.149. The van der Waals surface area contributed by atoms with Crippen molar-refractivity contribution in [1.82, 2.24) is 10.2 Å². The van der Waals surface area contributed by atoms with E-state index in [1.54, 1.807) is 11.0 Å². The molecular weight excluding hydrogens is 275 g/mol. The van der Waals surface area contributed by atoms with Gasteiger partial charge in [0, 0.05) is 13.1 Å². The first kappa shape index (κ1) is 15.4. The molecule has 2 amide bonds. The number of likely N-dealkylation sites (tertiary alicyclic amines) is 1. The van der Waals surface area contributed by atoms with Crippen LogP contribution in [0.2, 0.25) is 0 Å². The lowest BCUT2D eigenvalue weighted by atomic mass is 9.97. The summed E-state index contributed by atoms with van der Waals surface area (Å²) >= 11 is 0. The number of hydrogen-bond donors (Lipinski definition) is 2. The maximum Gasteiger partial charge on any atom is 0.254 e. The van der Waals surface area contributed by atoms with Crippen LogP contribution in [-0.4, -0.2) is 47.6 Å². The number of benzene rings is 1. The summed E-state index contributed by atoms with van der Waals surface area (Å²) in [6.45, 7) is 2.65. The van der Waals surface area contributed by atoms with E-state index in [0.717, 1.165) is 0 Å². The van der Waals surface area contributed by atoms with Crippen LogP contribution < -0.4 is 5.32 Å². The number of piperidine rings is 1. The molecule has 2 atom stereocenters. The van der Waals surface area contributed by atoms with Crippen LogP contribution in [0.5, 0.6) is 0 Å². The lowest BCUT2D eigenvalue weighted by molar-refractivity contribution is -0.133. The van der Waals surface area contributed by atoms with Gasteiger partial charge in [-0.3, -0.25) is 9.59 Å². The van der Waals surface area contributed by atoms with Gasteiger partial charge in [0.25, 0.3) is 5.91 Å². The molecule has 0 saturated carbocycles. The van der Waals surface area contributed by atoms with Crippen molar-refractivity contribution in [1.29, 1.82) is 0 Å². The highest BCUT2D eigenvalue weighted by Gasteiger charge is 2.27. The van der Waals surface area contributed by atoms with Crippen molar-refractivity contribution < 1.29 is 19.1 Å². The minimum absolute atomic E-state index is 0.0185. The summed E-state index contributed by atoms with van der Waals surface area (Å²) in [5, 5.41) is 12.1. The van der Waals surface area contributed by atoms with E-state index in [0.29, 0.717) is 19.5 Å². The van der Waals surface area contributed by atoms with Crippen molar-refractivity contribution in [2.24, 2.45) is 5.92 Å². The Labute approximate surface area is 122 Å². The van der Waals surface area contributed by atoms with Crippen molar-refractivity contribution in [3.05, 3.63) is 35.6 Å². The van der Waals surface area contributed by atoms with Gasteiger partial charge < -0.3 is 15.3 Å². The zero-order valence-corrected chi connectivity index (χ0v) is 11.9. The number of aliphatic hydroxyl groups is 1.